The molecule has 1 heterocycles. The maximum atomic E-state index is 12.1. The summed E-state index contributed by atoms with van der Waals surface area (Å²) in [5.74, 6) is 0.00958. The number of hydrogen-bond donors (Lipinski definition) is 2. The third-order valence-corrected chi connectivity index (χ3v) is 4.76. The summed E-state index contributed by atoms with van der Waals surface area (Å²) in [5, 5.41) is 2.94. The van der Waals surface area contributed by atoms with Gasteiger partial charge in [0.05, 0.1) is 12.2 Å². The molecule has 0 bridgehead atoms. The van der Waals surface area contributed by atoms with E-state index in [0.29, 0.717) is 12.6 Å². The molecule has 1 aromatic rings. The van der Waals surface area contributed by atoms with Crippen molar-refractivity contribution in [3.8, 4) is 0 Å². The Labute approximate surface area is 136 Å². The van der Waals surface area contributed by atoms with Gasteiger partial charge in [0.2, 0.25) is 5.91 Å². The molecular formula is C14H19Br2N3O. The molecule has 2 rings (SSSR count). The van der Waals surface area contributed by atoms with Gasteiger partial charge in [0.25, 0.3) is 0 Å². The second kappa shape index (κ2) is 7.02. The number of anilines is 1. The first-order chi connectivity index (χ1) is 9.45. The molecule has 0 aromatic heterocycles. The second-order valence-electron chi connectivity index (χ2n) is 5.28. The molecule has 6 heteroatoms. The Hall–Kier alpha value is -0.430. The highest BCUT2D eigenvalue weighted by Gasteiger charge is 2.24. The fourth-order valence-corrected chi connectivity index (χ4v) is 3.60. The summed E-state index contributed by atoms with van der Waals surface area (Å²) in [4.78, 5) is 14.3. The van der Waals surface area contributed by atoms with Gasteiger partial charge in [-0.15, -0.1) is 0 Å². The van der Waals surface area contributed by atoms with Crippen LogP contribution in [0.4, 0.5) is 5.69 Å². The van der Waals surface area contributed by atoms with E-state index in [0.717, 1.165) is 34.0 Å². The van der Waals surface area contributed by atoms with Crippen LogP contribution in [0.3, 0.4) is 0 Å². The summed E-state index contributed by atoms with van der Waals surface area (Å²) in [6, 6.07) is 6.32. The van der Waals surface area contributed by atoms with E-state index in [1.165, 1.54) is 0 Å². The molecule has 1 aliphatic heterocycles. The third-order valence-electron chi connectivity index (χ3n) is 3.61. The van der Waals surface area contributed by atoms with Crippen molar-refractivity contribution in [2.45, 2.75) is 31.8 Å². The topological polar surface area (TPSA) is 58.4 Å². The lowest BCUT2D eigenvalue weighted by molar-refractivity contribution is -0.118. The summed E-state index contributed by atoms with van der Waals surface area (Å²) >= 11 is 6.84. The van der Waals surface area contributed by atoms with E-state index >= 15 is 0 Å². The summed E-state index contributed by atoms with van der Waals surface area (Å²) in [7, 11) is 0. The molecule has 3 N–H and O–H groups in total. The molecule has 20 heavy (non-hydrogen) atoms. The van der Waals surface area contributed by atoms with Crippen molar-refractivity contribution >= 4 is 43.5 Å². The molecule has 110 valence electrons. The van der Waals surface area contributed by atoms with Gasteiger partial charge in [-0.3, -0.25) is 9.69 Å². The fourth-order valence-electron chi connectivity index (χ4n) is 2.46. The van der Waals surface area contributed by atoms with Crippen molar-refractivity contribution in [1.29, 1.82) is 0 Å². The quantitative estimate of drug-likeness (QED) is 0.814. The van der Waals surface area contributed by atoms with Gasteiger partial charge >= 0.3 is 0 Å². The number of nitrogens with zero attached hydrogens (tertiary/aromatic N) is 1. The lowest BCUT2D eigenvalue weighted by Gasteiger charge is -2.35. The first-order valence-corrected chi connectivity index (χ1v) is 8.29. The zero-order valence-corrected chi connectivity index (χ0v) is 14.6. The van der Waals surface area contributed by atoms with Crippen molar-refractivity contribution in [3.63, 3.8) is 0 Å². The van der Waals surface area contributed by atoms with Crippen molar-refractivity contribution in [3.05, 3.63) is 27.1 Å². The first-order valence-electron chi connectivity index (χ1n) is 6.70. The molecule has 0 aliphatic carbocycles. The Kier molecular flexibility index (Phi) is 5.60. The van der Waals surface area contributed by atoms with Crippen LogP contribution >= 0.6 is 31.9 Å². The second-order valence-corrected chi connectivity index (χ2v) is 7.05. The number of halogens is 2. The van der Waals surface area contributed by atoms with Crippen LogP contribution in [0, 0.1) is 0 Å². The maximum Gasteiger partial charge on any atom is 0.238 e. The highest BCUT2D eigenvalue weighted by Crippen LogP contribution is 2.26. The number of nitrogens with one attached hydrogen (secondary N) is 1. The van der Waals surface area contributed by atoms with E-state index in [4.69, 9.17) is 5.73 Å². The Balaban J connectivity index is 1.92. The molecule has 4 nitrogen and oxygen atoms in total. The van der Waals surface area contributed by atoms with Crippen LogP contribution in [0.25, 0.3) is 0 Å². The summed E-state index contributed by atoms with van der Waals surface area (Å²) in [6.07, 6.45) is 1.91. The van der Waals surface area contributed by atoms with Crippen molar-refractivity contribution in [2.75, 3.05) is 18.4 Å². The van der Waals surface area contributed by atoms with Crippen molar-refractivity contribution in [1.82, 2.24) is 4.90 Å². The molecule has 0 spiro atoms. The number of hydrogen-bond acceptors (Lipinski definition) is 3. The molecule has 1 amide bonds. The van der Waals surface area contributed by atoms with E-state index in [2.05, 4.69) is 49.0 Å². The lowest BCUT2D eigenvalue weighted by atomic mass is 9.99. The molecule has 2 unspecified atom stereocenters. The number of carbonyl (C=O) groups excluding carboxylic acids is 1. The molecule has 2 atom stereocenters. The van der Waals surface area contributed by atoms with Crippen LogP contribution in [0.1, 0.15) is 19.8 Å². The summed E-state index contributed by atoms with van der Waals surface area (Å²) in [6.45, 7) is 3.43. The highest BCUT2D eigenvalue weighted by molar-refractivity contribution is 9.11. The third kappa shape index (κ3) is 4.28. The molecule has 0 saturated carbocycles. The van der Waals surface area contributed by atoms with Crippen molar-refractivity contribution in [2.24, 2.45) is 5.73 Å². The van der Waals surface area contributed by atoms with Crippen LogP contribution in [0.5, 0.6) is 0 Å². The van der Waals surface area contributed by atoms with Gasteiger partial charge in [0, 0.05) is 27.6 Å². The van der Waals surface area contributed by atoms with Gasteiger partial charge in [-0.05, 0) is 53.9 Å². The van der Waals surface area contributed by atoms with E-state index in [1.807, 2.05) is 18.2 Å². The van der Waals surface area contributed by atoms with E-state index < -0.39 is 0 Å². The minimum Gasteiger partial charge on any atom is -0.328 e. The Morgan fingerprint density at radius 1 is 1.50 bits per heavy atom. The molecule has 1 fully saturated rings. The largest absolute Gasteiger partial charge is 0.328 e. The van der Waals surface area contributed by atoms with E-state index in [9.17, 15) is 4.79 Å². The minimum atomic E-state index is 0.00958. The number of nitrogens with two attached hydrogens (primary N) is 1. The molecule has 1 aromatic carbocycles. The van der Waals surface area contributed by atoms with Gasteiger partial charge in [-0.1, -0.05) is 15.9 Å². The Morgan fingerprint density at radius 3 is 2.90 bits per heavy atom. The smallest absolute Gasteiger partial charge is 0.238 e. The normalized spacial score (nSPS) is 23.6. The average Bonchev–Trinajstić information content (AvgIpc) is 2.36. The molecule has 0 radical (unpaired) electrons. The predicted molar refractivity (Wildman–Crippen MR) is 88.7 cm³/mol. The Morgan fingerprint density at radius 2 is 2.25 bits per heavy atom. The molecule has 1 aliphatic rings. The van der Waals surface area contributed by atoms with Crippen LogP contribution < -0.4 is 11.1 Å². The standard InChI is InChI=1S/C14H19Br2N3O/c1-9-6-11(17)4-5-19(9)8-14(20)18-13-3-2-10(15)7-12(13)16/h2-3,7,9,11H,4-6,8,17H2,1H3,(H,18,20). The number of carbonyl (C=O) groups is 1. The maximum absolute atomic E-state index is 12.1. The highest BCUT2D eigenvalue weighted by atomic mass is 79.9. The van der Waals surface area contributed by atoms with Gasteiger partial charge < -0.3 is 11.1 Å². The fraction of sp³-hybridized carbons (Fsp3) is 0.500. The summed E-state index contributed by atoms with van der Waals surface area (Å²) in [5.41, 5.74) is 6.73. The van der Waals surface area contributed by atoms with Gasteiger partial charge in [0.1, 0.15) is 0 Å². The van der Waals surface area contributed by atoms with Gasteiger partial charge in [-0.25, -0.2) is 0 Å². The first kappa shape index (κ1) is 15.9. The number of piperidine rings is 1. The predicted octanol–water partition coefficient (Wildman–Crippen LogP) is 2.96. The molecule has 1 saturated heterocycles. The SMILES string of the molecule is CC1CC(N)CCN1CC(=O)Nc1ccc(Br)cc1Br. The van der Waals surface area contributed by atoms with Crippen LogP contribution in [0.2, 0.25) is 0 Å². The minimum absolute atomic E-state index is 0.00958. The number of benzene rings is 1. The Bertz CT molecular complexity index is 495. The van der Waals surface area contributed by atoms with Gasteiger partial charge in [-0.2, -0.15) is 0 Å². The van der Waals surface area contributed by atoms with Crippen molar-refractivity contribution < 1.29 is 4.79 Å². The van der Waals surface area contributed by atoms with Crippen LogP contribution in [-0.4, -0.2) is 36.0 Å². The zero-order valence-electron chi connectivity index (χ0n) is 11.4. The van der Waals surface area contributed by atoms with Crippen LogP contribution in [0.15, 0.2) is 27.1 Å². The number of amides is 1. The lowest BCUT2D eigenvalue weighted by Crippen LogP contribution is -2.48. The van der Waals surface area contributed by atoms with E-state index in [1.54, 1.807) is 0 Å². The average molecular weight is 405 g/mol. The number of likely N-dealkylation sites (tertiary alicyclic amines) is 1. The number of rotatable bonds is 3. The monoisotopic (exact) mass is 403 g/mol. The van der Waals surface area contributed by atoms with Gasteiger partial charge in [0.15, 0.2) is 0 Å². The molecular weight excluding hydrogens is 386 g/mol. The zero-order chi connectivity index (χ0) is 14.7. The van der Waals surface area contributed by atoms with Crippen LogP contribution in [-0.2, 0) is 4.79 Å². The van der Waals surface area contributed by atoms with E-state index in [-0.39, 0.29) is 11.9 Å². The summed E-state index contributed by atoms with van der Waals surface area (Å²) < 4.78 is 1.84.